The second-order valence-corrected chi connectivity index (χ2v) is 10.7. The number of para-hydroxylation sites is 1. The molecule has 0 spiro atoms. The lowest BCUT2D eigenvalue weighted by Crippen LogP contribution is -2.50. The van der Waals surface area contributed by atoms with Crippen molar-refractivity contribution in [1.29, 1.82) is 0 Å². The van der Waals surface area contributed by atoms with Gasteiger partial charge in [0.05, 0.1) is 4.90 Å². The molecule has 0 bridgehead atoms. The van der Waals surface area contributed by atoms with Crippen LogP contribution in [0.25, 0.3) is 10.9 Å². The van der Waals surface area contributed by atoms with Crippen LogP contribution < -0.4 is 0 Å². The molecular weight excluding hydrogens is 452 g/mol. The van der Waals surface area contributed by atoms with E-state index >= 15 is 0 Å². The lowest BCUT2D eigenvalue weighted by atomic mass is 10.0. The number of aromatic amines is 1. The van der Waals surface area contributed by atoms with E-state index in [1.807, 2.05) is 23.1 Å². The third kappa shape index (κ3) is 4.33. The Labute approximate surface area is 199 Å². The summed E-state index contributed by atoms with van der Waals surface area (Å²) < 4.78 is 27.0. The second-order valence-electron chi connectivity index (χ2n) is 8.79. The van der Waals surface area contributed by atoms with E-state index in [2.05, 4.69) is 11.1 Å². The van der Waals surface area contributed by atoms with E-state index in [0.717, 1.165) is 22.9 Å². The number of sulfonamides is 1. The van der Waals surface area contributed by atoms with Crippen LogP contribution in [0, 0.1) is 0 Å². The van der Waals surface area contributed by atoms with Crippen LogP contribution in [0.4, 0.5) is 0 Å². The van der Waals surface area contributed by atoms with Gasteiger partial charge in [-0.1, -0.05) is 36.4 Å². The molecule has 8 nitrogen and oxygen atoms in total. The minimum Gasteiger partial charge on any atom is -0.358 e. The summed E-state index contributed by atoms with van der Waals surface area (Å²) in [6, 6.07) is 16.5. The molecule has 2 aliphatic heterocycles. The molecule has 5 rings (SSSR count). The Morgan fingerprint density at radius 3 is 2.18 bits per heavy atom. The number of carbonyl (C=O) groups excluding carboxylic acids is 2. The van der Waals surface area contributed by atoms with Crippen molar-refractivity contribution in [1.82, 2.24) is 19.1 Å². The van der Waals surface area contributed by atoms with E-state index in [1.54, 1.807) is 35.2 Å². The van der Waals surface area contributed by atoms with Gasteiger partial charge in [-0.2, -0.15) is 4.31 Å². The normalized spacial score (nSPS) is 17.1. The molecule has 2 amide bonds. The van der Waals surface area contributed by atoms with Crippen LogP contribution in [0.15, 0.2) is 59.5 Å². The molecule has 1 aromatic heterocycles. The van der Waals surface area contributed by atoms with E-state index in [1.165, 1.54) is 10.00 Å². The smallest absolute Gasteiger partial charge is 0.243 e. The van der Waals surface area contributed by atoms with Crippen molar-refractivity contribution in [2.45, 2.75) is 30.7 Å². The van der Waals surface area contributed by atoms with Crippen LogP contribution in [-0.2, 0) is 32.6 Å². The van der Waals surface area contributed by atoms with E-state index in [-0.39, 0.29) is 42.6 Å². The highest BCUT2D eigenvalue weighted by molar-refractivity contribution is 7.89. The monoisotopic (exact) mass is 480 g/mol. The molecule has 0 atom stereocenters. The highest BCUT2D eigenvalue weighted by Crippen LogP contribution is 2.28. The van der Waals surface area contributed by atoms with E-state index < -0.39 is 10.0 Å². The van der Waals surface area contributed by atoms with Gasteiger partial charge in [0.1, 0.15) is 0 Å². The molecule has 2 aliphatic rings. The molecule has 0 unspecified atom stereocenters. The van der Waals surface area contributed by atoms with Crippen molar-refractivity contribution in [2.24, 2.45) is 0 Å². The molecule has 1 fully saturated rings. The zero-order chi connectivity index (χ0) is 23.7. The number of hydrogen-bond donors (Lipinski definition) is 1. The molecule has 1 saturated heterocycles. The van der Waals surface area contributed by atoms with Gasteiger partial charge in [0, 0.05) is 80.7 Å². The Kier molecular flexibility index (Phi) is 6.14. The molecule has 3 aromatic rings. The van der Waals surface area contributed by atoms with Crippen molar-refractivity contribution >= 4 is 32.7 Å². The fourth-order valence-electron chi connectivity index (χ4n) is 4.83. The first-order chi connectivity index (χ1) is 16.4. The third-order valence-electron chi connectivity index (χ3n) is 6.76. The number of rotatable bonds is 5. The van der Waals surface area contributed by atoms with E-state index in [9.17, 15) is 18.0 Å². The molecular formula is C25H28N4O4S. The van der Waals surface area contributed by atoms with Gasteiger partial charge in [-0.05, 0) is 18.2 Å². The number of aromatic nitrogens is 1. The topological polar surface area (TPSA) is 93.8 Å². The highest BCUT2D eigenvalue weighted by atomic mass is 32.2. The number of benzene rings is 2. The fourth-order valence-corrected chi connectivity index (χ4v) is 6.27. The molecule has 3 heterocycles. The quantitative estimate of drug-likeness (QED) is 0.607. The first-order valence-corrected chi connectivity index (χ1v) is 13.1. The number of nitrogens with zero attached hydrogens (tertiary/aromatic N) is 3. The van der Waals surface area contributed by atoms with Gasteiger partial charge in [-0.15, -0.1) is 0 Å². The maximum Gasteiger partial charge on any atom is 0.243 e. The summed E-state index contributed by atoms with van der Waals surface area (Å²) in [6.07, 6.45) is 1.09. The molecule has 9 heteroatoms. The first kappa shape index (κ1) is 22.6. The van der Waals surface area contributed by atoms with Crippen LogP contribution in [0.1, 0.15) is 24.1 Å². The molecule has 1 N–H and O–H groups in total. The lowest BCUT2D eigenvalue weighted by molar-refractivity contribution is -0.138. The van der Waals surface area contributed by atoms with Gasteiger partial charge in [0.2, 0.25) is 21.8 Å². The second kappa shape index (κ2) is 9.23. The number of amides is 2. The minimum atomic E-state index is -3.55. The van der Waals surface area contributed by atoms with Crippen LogP contribution in [-0.4, -0.2) is 72.0 Å². The average molecular weight is 481 g/mol. The first-order valence-electron chi connectivity index (χ1n) is 11.6. The molecule has 34 heavy (non-hydrogen) atoms. The predicted molar refractivity (Wildman–Crippen MR) is 128 cm³/mol. The number of piperazine rings is 1. The number of carbonyl (C=O) groups is 2. The molecule has 0 radical (unpaired) electrons. The summed E-state index contributed by atoms with van der Waals surface area (Å²) in [7, 11) is -3.55. The van der Waals surface area contributed by atoms with E-state index in [4.69, 9.17) is 0 Å². The van der Waals surface area contributed by atoms with Crippen LogP contribution in [0.3, 0.4) is 0 Å². The summed E-state index contributed by atoms with van der Waals surface area (Å²) in [4.78, 5) is 32.8. The van der Waals surface area contributed by atoms with Crippen molar-refractivity contribution < 1.29 is 18.0 Å². The zero-order valence-electron chi connectivity index (χ0n) is 18.9. The average Bonchev–Trinajstić information content (AvgIpc) is 3.25. The van der Waals surface area contributed by atoms with E-state index in [0.29, 0.717) is 26.2 Å². The maximum absolute atomic E-state index is 12.9. The lowest BCUT2D eigenvalue weighted by Gasteiger charge is -2.34. The summed E-state index contributed by atoms with van der Waals surface area (Å²) >= 11 is 0. The Hall–Kier alpha value is -3.17. The Morgan fingerprint density at radius 2 is 1.44 bits per heavy atom. The van der Waals surface area contributed by atoms with Crippen LogP contribution >= 0.6 is 0 Å². The highest BCUT2D eigenvalue weighted by Gasteiger charge is 2.30. The third-order valence-corrected chi connectivity index (χ3v) is 8.67. The largest absolute Gasteiger partial charge is 0.358 e. The van der Waals surface area contributed by atoms with Crippen molar-refractivity contribution in [3.05, 3.63) is 65.9 Å². The van der Waals surface area contributed by atoms with Crippen LogP contribution in [0.5, 0.6) is 0 Å². The zero-order valence-corrected chi connectivity index (χ0v) is 19.8. The number of nitrogens with one attached hydrogen (secondary N) is 1. The molecule has 0 aliphatic carbocycles. The number of fused-ring (bicyclic) bond motifs is 3. The summed E-state index contributed by atoms with van der Waals surface area (Å²) in [5.41, 5.74) is 3.44. The van der Waals surface area contributed by atoms with Crippen molar-refractivity contribution in [2.75, 3.05) is 32.7 Å². The minimum absolute atomic E-state index is 0.0189. The SMILES string of the molecule is O=C(CCC(=O)N1CCc2[nH]c3ccccc3c2C1)N1CCN(S(=O)(=O)c2ccccc2)CC1. The van der Waals surface area contributed by atoms with Crippen molar-refractivity contribution in [3.63, 3.8) is 0 Å². The Balaban J connectivity index is 1.13. The van der Waals surface area contributed by atoms with Gasteiger partial charge in [-0.3, -0.25) is 9.59 Å². The molecule has 178 valence electrons. The maximum atomic E-state index is 12.9. The molecule has 0 saturated carbocycles. The van der Waals surface area contributed by atoms with Gasteiger partial charge in [0.15, 0.2) is 0 Å². The summed E-state index contributed by atoms with van der Waals surface area (Å²) in [5.74, 6) is -0.121. The summed E-state index contributed by atoms with van der Waals surface area (Å²) in [6.45, 7) is 2.38. The summed E-state index contributed by atoms with van der Waals surface area (Å²) in [5, 5.41) is 1.15. The van der Waals surface area contributed by atoms with Crippen LogP contribution in [0.2, 0.25) is 0 Å². The number of H-pyrrole nitrogens is 1. The molecule has 2 aromatic carbocycles. The van der Waals surface area contributed by atoms with Gasteiger partial charge < -0.3 is 14.8 Å². The van der Waals surface area contributed by atoms with Gasteiger partial charge >= 0.3 is 0 Å². The van der Waals surface area contributed by atoms with Gasteiger partial charge in [0.25, 0.3) is 0 Å². The van der Waals surface area contributed by atoms with Crippen molar-refractivity contribution in [3.8, 4) is 0 Å². The Bertz CT molecular complexity index is 1310. The van der Waals surface area contributed by atoms with Gasteiger partial charge in [-0.25, -0.2) is 8.42 Å². The number of hydrogen-bond acceptors (Lipinski definition) is 4. The predicted octanol–water partition coefficient (Wildman–Crippen LogP) is 2.37. The fraction of sp³-hybridized carbons (Fsp3) is 0.360. The Morgan fingerprint density at radius 1 is 0.794 bits per heavy atom. The standard InChI is InChI=1S/C25H28N4O4S/c30-24(27-14-16-29(17-15-27)34(32,33)19-6-2-1-3-7-19)10-11-25(31)28-13-12-23-21(18-28)20-8-4-5-9-22(20)26-23/h1-9,26H,10-18H2.